The monoisotopic (exact) mass is 373 g/mol. The van der Waals surface area contributed by atoms with Gasteiger partial charge in [-0.15, -0.1) is 6.42 Å². The molecule has 28 heavy (non-hydrogen) atoms. The van der Waals surface area contributed by atoms with E-state index in [0.717, 1.165) is 5.69 Å². The minimum Gasteiger partial charge on any atom is -0.338 e. The van der Waals surface area contributed by atoms with E-state index in [-0.39, 0.29) is 23.1 Å². The lowest BCUT2D eigenvalue weighted by molar-refractivity contribution is -0.130. The lowest BCUT2D eigenvalue weighted by Gasteiger charge is -2.38. The number of terminal acetylenes is 1. The minimum absolute atomic E-state index is 0.0911. The molecule has 2 aromatic heterocycles. The van der Waals surface area contributed by atoms with E-state index in [9.17, 15) is 9.18 Å². The largest absolute Gasteiger partial charge is 0.338 e. The molecule has 1 saturated heterocycles. The van der Waals surface area contributed by atoms with Crippen LogP contribution >= 0.6 is 0 Å². The van der Waals surface area contributed by atoms with E-state index < -0.39 is 5.82 Å². The van der Waals surface area contributed by atoms with Gasteiger partial charge in [-0.25, -0.2) is 14.4 Å². The number of fused-ring (bicyclic) bond motifs is 1. The molecule has 0 bridgehead atoms. The van der Waals surface area contributed by atoms with Crippen LogP contribution in [0.25, 0.3) is 10.9 Å². The average Bonchev–Trinajstić information content (AvgIpc) is 2.68. The number of hydrogen-bond acceptors (Lipinski definition) is 5. The number of amides is 1. The Hall–Kier alpha value is -3.79. The molecule has 138 valence electrons. The summed E-state index contributed by atoms with van der Waals surface area (Å²) in [4.78, 5) is 26.3. The van der Waals surface area contributed by atoms with Gasteiger partial charge in [0, 0.05) is 30.1 Å². The molecule has 0 radical (unpaired) electrons. The van der Waals surface area contributed by atoms with Crippen molar-refractivity contribution in [3.8, 4) is 12.3 Å². The third-order valence-electron chi connectivity index (χ3n) is 4.74. The number of likely N-dealkylation sites (tertiary alicyclic amines) is 1. The lowest BCUT2D eigenvalue weighted by Crippen LogP contribution is -2.48. The van der Waals surface area contributed by atoms with Gasteiger partial charge in [-0.05, 0) is 24.3 Å². The molecule has 0 unspecified atom stereocenters. The van der Waals surface area contributed by atoms with Crippen molar-refractivity contribution in [3.05, 3.63) is 66.5 Å². The van der Waals surface area contributed by atoms with Crippen LogP contribution in [0.3, 0.4) is 0 Å². The summed E-state index contributed by atoms with van der Waals surface area (Å²) in [5.74, 6) is 2.30. The Kier molecular flexibility index (Phi) is 4.45. The van der Waals surface area contributed by atoms with Crippen molar-refractivity contribution in [2.45, 2.75) is 5.92 Å². The first-order chi connectivity index (χ1) is 13.6. The van der Waals surface area contributed by atoms with E-state index >= 15 is 0 Å². The van der Waals surface area contributed by atoms with Crippen LogP contribution in [0.15, 0.2) is 49.4 Å². The fourth-order valence-electron chi connectivity index (χ4n) is 3.14. The second-order valence-electron chi connectivity index (χ2n) is 6.43. The first-order valence-corrected chi connectivity index (χ1v) is 8.65. The number of carbonyl (C=O) groups excluding carboxylic acids is 1. The van der Waals surface area contributed by atoms with Crippen LogP contribution in [0.1, 0.15) is 17.2 Å². The van der Waals surface area contributed by atoms with Gasteiger partial charge in [-0.1, -0.05) is 18.6 Å². The molecule has 4 rings (SSSR count). The molecule has 0 saturated carbocycles. The zero-order chi connectivity index (χ0) is 19.7. The molecule has 6 nitrogen and oxygen atoms in total. The molecule has 1 N–H and O–H groups in total. The van der Waals surface area contributed by atoms with E-state index in [1.807, 2.05) is 6.07 Å². The van der Waals surface area contributed by atoms with E-state index in [0.29, 0.717) is 29.8 Å². The molecule has 1 aromatic carbocycles. The molecule has 3 heterocycles. The van der Waals surface area contributed by atoms with Crippen molar-refractivity contribution >= 4 is 28.3 Å². The predicted molar refractivity (Wildman–Crippen MR) is 104 cm³/mol. The van der Waals surface area contributed by atoms with E-state index in [2.05, 4.69) is 32.8 Å². The number of nitrogens with zero attached hydrogens (tertiary/aromatic N) is 4. The molecule has 3 aromatic rings. The van der Waals surface area contributed by atoms with Crippen molar-refractivity contribution in [1.29, 1.82) is 0 Å². The third kappa shape index (κ3) is 3.05. The zero-order valence-corrected chi connectivity index (χ0v) is 14.9. The summed E-state index contributed by atoms with van der Waals surface area (Å²) in [5.41, 5.74) is 1.87. The highest BCUT2D eigenvalue weighted by molar-refractivity contribution is 5.91. The maximum absolute atomic E-state index is 14.5. The second-order valence-corrected chi connectivity index (χ2v) is 6.43. The van der Waals surface area contributed by atoms with Crippen LogP contribution < -0.4 is 5.32 Å². The van der Waals surface area contributed by atoms with Gasteiger partial charge < -0.3 is 10.2 Å². The molecule has 1 amide bonds. The molecular weight excluding hydrogens is 357 g/mol. The molecule has 0 spiro atoms. The zero-order valence-electron chi connectivity index (χ0n) is 14.9. The number of carbonyl (C=O) groups is 1. The van der Waals surface area contributed by atoms with E-state index in [1.54, 1.807) is 23.2 Å². The SMILES string of the molecule is C#Cc1cccc(Nc2ncnc3cnc(C4CN(C(=O)C=C)C4)cc23)c1F. The van der Waals surface area contributed by atoms with Gasteiger partial charge in [0.15, 0.2) is 5.82 Å². The first-order valence-electron chi connectivity index (χ1n) is 8.65. The number of benzene rings is 1. The number of anilines is 2. The van der Waals surface area contributed by atoms with Gasteiger partial charge in [0.05, 0.1) is 23.0 Å². The Morgan fingerprint density at radius 1 is 1.36 bits per heavy atom. The number of rotatable bonds is 4. The van der Waals surface area contributed by atoms with Crippen molar-refractivity contribution in [3.63, 3.8) is 0 Å². The normalized spacial score (nSPS) is 13.6. The quantitative estimate of drug-likeness (QED) is 0.562. The first kappa shape index (κ1) is 17.6. The number of pyridine rings is 1. The molecular formula is C21H16FN5O. The van der Waals surface area contributed by atoms with Crippen LogP contribution in [-0.4, -0.2) is 38.8 Å². The van der Waals surface area contributed by atoms with Gasteiger partial charge in [-0.3, -0.25) is 9.78 Å². The van der Waals surface area contributed by atoms with E-state index in [1.165, 1.54) is 18.5 Å². The summed E-state index contributed by atoms with van der Waals surface area (Å²) in [6.45, 7) is 4.66. The van der Waals surface area contributed by atoms with Gasteiger partial charge in [0.25, 0.3) is 0 Å². The summed E-state index contributed by atoms with van der Waals surface area (Å²) in [7, 11) is 0. The van der Waals surface area contributed by atoms with Gasteiger partial charge in [-0.2, -0.15) is 0 Å². The van der Waals surface area contributed by atoms with Crippen molar-refractivity contribution < 1.29 is 9.18 Å². The van der Waals surface area contributed by atoms with Gasteiger partial charge in [0.1, 0.15) is 12.1 Å². The van der Waals surface area contributed by atoms with Gasteiger partial charge in [0.2, 0.25) is 5.91 Å². The Morgan fingerprint density at radius 3 is 2.93 bits per heavy atom. The fourth-order valence-corrected chi connectivity index (χ4v) is 3.14. The highest BCUT2D eigenvalue weighted by Gasteiger charge is 2.31. The molecule has 0 atom stereocenters. The Balaban J connectivity index is 1.66. The third-order valence-corrected chi connectivity index (χ3v) is 4.74. The Morgan fingerprint density at radius 2 is 2.18 bits per heavy atom. The topological polar surface area (TPSA) is 71.0 Å². The second kappa shape index (κ2) is 7.08. The smallest absolute Gasteiger partial charge is 0.245 e. The number of hydrogen-bond donors (Lipinski definition) is 1. The van der Waals surface area contributed by atoms with Crippen LogP contribution in [0.5, 0.6) is 0 Å². The Labute approximate surface area is 161 Å². The number of nitrogens with one attached hydrogen (secondary N) is 1. The van der Waals surface area contributed by atoms with E-state index in [4.69, 9.17) is 6.42 Å². The predicted octanol–water partition coefficient (Wildman–Crippen LogP) is 3.00. The maximum atomic E-state index is 14.5. The lowest BCUT2D eigenvalue weighted by atomic mass is 9.95. The number of halogens is 1. The van der Waals surface area contributed by atoms with Crippen LogP contribution in [-0.2, 0) is 4.79 Å². The maximum Gasteiger partial charge on any atom is 0.245 e. The summed E-state index contributed by atoms with van der Waals surface area (Å²) in [6, 6.07) is 6.68. The standard InChI is InChI=1S/C21H16FN5O/c1-3-13-6-5-7-16(20(13)22)26-21-15-8-17(23-9-18(15)24-12-25-21)14-10-27(11-14)19(28)4-2/h1,4-9,12,14H,2,10-11H2,(H,24,25,26). The van der Waals surface area contributed by atoms with Crippen LogP contribution in [0, 0.1) is 18.2 Å². The molecule has 1 fully saturated rings. The van der Waals surface area contributed by atoms with Gasteiger partial charge >= 0.3 is 0 Å². The summed E-state index contributed by atoms with van der Waals surface area (Å²) in [6.07, 6.45) is 9.69. The summed E-state index contributed by atoms with van der Waals surface area (Å²) >= 11 is 0. The fraction of sp³-hybridized carbons (Fsp3) is 0.143. The molecule has 0 aliphatic carbocycles. The van der Waals surface area contributed by atoms with Crippen molar-refractivity contribution in [2.75, 3.05) is 18.4 Å². The molecule has 7 heteroatoms. The molecule has 1 aliphatic heterocycles. The number of aromatic nitrogens is 3. The average molecular weight is 373 g/mol. The minimum atomic E-state index is -0.511. The van der Waals surface area contributed by atoms with Crippen molar-refractivity contribution in [2.24, 2.45) is 0 Å². The highest BCUT2D eigenvalue weighted by Crippen LogP contribution is 2.30. The van der Waals surface area contributed by atoms with Crippen LogP contribution in [0.4, 0.5) is 15.9 Å². The highest BCUT2D eigenvalue weighted by atomic mass is 19.1. The summed E-state index contributed by atoms with van der Waals surface area (Å²) in [5, 5.41) is 3.72. The Bertz CT molecular complexity index is 1130. The molecule has 1 aliphatic rings. The van der Waals surface area contributed by atoms with Crippen LogP contribution in [0.2, 0.25) is 0 Å². The summed E-state index contributed by atoms with van der Waals surface area (Å²) < 4.78 is 14.5. The van der Waals surface area contributed by atoms with Crippen molar-refractivity contribution in [1.82, 2.24) is 19.9 Å².